The fraction of sp³-hybridized carbons (Fsp3) is 0.556. The molecule has 136 valence electrons. The van der Waals surface area contributed by atoms with E-state index in [4.69, 9.17) is 14.2 Å². The second kappa shape index (κ2) is 7.63. The molecule has 0 aromatic heterocycles. The van der Waals surface area contributed by atoms with Crippen LogP contribution in [0.4, 0.5) is 0 Å². The number of methoxy groups -OCH3 is 1. The molecular formula is C18H22O7. The molecule has 0 heterocycles. The van der Waals surface area contributed by atoms with E-state index in [1.54, 1.807) is 26.0 Å². The summed E-state index contributed by atoms with van der Waals surface area (Å²) >= 11 is 0. The number of fused-ring (bicyclic) bond motifs is 1. The number of hydrogen-bond donors (Lipinski definition) is 0. The van der Waals surface area contributed by atoms with Gasteiger partial charge >= 0.3 is 17.9 Å². The van der Waals surface area contributed by atoms with Gasteiger partial charge in [0, 0.05) is 11.5 Å². The van der Waals surface area contributed by atoms with E-state index in [2.05, 4.69) is 0 Å². The molecule has 0 aromatic carbocycles. The zero-order valence-electron chi connectivity index (χ0n) is 14.6. The lowest BCUT2D eigenvalue weighted by molar-refractivity contribution is -0.165. The van der Waals surface area contributed by atoms with Gasteiger partial charge in [0.15, 0.2) is 5.78 Å². The lowest BCUT2D eigenvalue weighted by Gasteiger charge is -2.24. The van der Waals surface area contributed by atoms with Gasteiger partial charge in [-0.05, 0) is 26.7 Å². The van der Waals surface area contributed by atoms with Gasteiger partial charge in [-0.2, -0.15) is 0 Å². The lowest BCUT2D eigenvalue weighted by atomic mass is 9.80. The quantitative estimate of drug-likeness (QED) is 0.407. The standard InChI is InChI=1S/C18H22O7/c1-4-24-14(19)10-18(17(22)25-5-2)9-12-7-6-11(16(21)23-3)8-13(12)15(18)20/h6-7,13H,4-5,8-10H2,1-3H3. The summed E-state index contributed by atoms with van der Waals surface area (Å²) in [5.41, 5.74) is -0.506. The molecule has 2 aliphatic rings. The number of carbonyl (C=O) groups is 4. The van der Waals surface area contributed by atoms with Gasteiger partial charge in [0.1, 0.15) is 5.41 Å². The minimum atomic E-state index is -1.59. The molecule has 2 atom stereocenters. The van der Waals surface area contributed by atoms with Crippen molar-refractivity contribution in [2.75, 3.05) is 20.3 Å². The number of Topliss-reactive ketones (excluding diaryl/α,β-unsaturated/α-hetero) is 1. The van der Waals surface area contributed by atoms with Crippen LogP contribution in [0.2, 0.25) is 0 Å². The van der Waals surface area contributed by atoms with Crippen LogP contribution in [0.1, 0.15) is 33.1 Å². The first kappa shape index (κ1) is 18.9. The summed E-state index contributed by atoms with van der Waals surface area (Å²) in [6.45, 7) is 3.55. The van der Waals surface area contributed by atoms with Crippen molar-refractivity contribution in [3.63, 3.8) is 0 Å². The van der Waals surface area contributed by atoms with Gasteiger partial charge in [0.2, 0.25) is 0 Å². The fourth-order valence-corrected chi connectivity index (χ4v) is 3.36. The Morgan fingerprint density at radius 3 is 2.44 bits per heavy atom. The van der Waals surface area contributed by atoms with Crippen LogP contribution in [0, 0.1) is 11.3 Å². The van der Waals surface area contributed by atoms with E-state index in [0.717, 1.165) is 5.57 Å². The molecule has 0 amide bonds. The Bertz CT molecular complexity index is 658. The Morgan fingerprint density at radius 2 is 1.84 bits per heavy atom. The molecule has 0 saturated heterocycles. The molecule has 7 nitrogen and oxygen atoms in total. The van der Waals surface area contributed by atoms with Gasteiger partial charge in [-0.3, -0.25) is 14.4 Å². The zero-order chi connectivity index (χ0) is 18.6. The van der Waals surface area contributed by atoms with E-state index in [9.17, 15) is 19.2 Å². The number of carbonyl (C=O) groups excluding carboxylic acids is 4. The van der Waals surface area contributed by atoms with Crippen LogP contribution in [-0.4, -0.2) is 44.0 Å². The van der Waals surface area contributed by atoms with Crippen LogP contribution in [0.15, 0.2) is 23.3 Å². The Kier molecular flexibility index (Phi) is 5.77. The van der Waals surface area contributed by atoms with Crippen molar-refractivity contribution in [2.24, 2.45) is 11.3 Å². The molecule has 2 rings (SSSR count). The van der Waals surface area contributed by atoms with Gasteiger partial charge in [0.25, 0.3) is 0 Å². The van der Waals surface area contributed by atoms with E-state index < -0.39 is 35.0 Å². The van der Waals surface area contributed by atoms with Gasteiger partial charge in [-0.25, -0.2) is 4.79 Å². The molecule has 0 aliphatic heterocycles. The lowest BCUT2D eigenvalue weighted by Crippen LogP contribution is -2.41. The van der Waals surface area contributed by atoms with Gasteiger partial charge < -0.3 is 14.2 Å². The van der Waals surface area contributed by atoms with Crippen LogP contribution in [0.5, 0.6) is 0 Å². The first-order valence-corrected chi connectivity index (χ1v) is 8.24. The average Bonchev–Trinajstić information content (AvgIpc) is 2.87. The molecule has 7 heteroatoms. The first-order valence-electron chi connectivity index (χ1n) is 8.24. The minimum Gasteiger partial charge on any atom is -0.466 e. The summed E-state index contributed by atoms with van der Waals surface area (Å²) in [6.07, 6.45) is 3.14. The highest BCUT2D eigenvalue weighted by molar-refractivity contribution is 6.11. The predicted molar refractivity (Wildman–Crippen MR) is 86.2 cm³/mol. The maximum absolute atomic E-state index is 13.0. The Morgan fingerprint density at radius 1 is 1.16 bits per heavy atom. The second-order valence-corrected chi connectivity index (χ2v) is 6.01. The third-order valence-corrected chi connectivity index (χ3v) is 4.53. The van der Waals surface area contributed by atoms with E-state index >= 15 is 0 Å². The van der Waals surface area contributed by atoms with Gasteiger partial charge in [0.05, 0.1) is 26.7 Å². The third-order valence-electron chi connectivity index (χ3n) is 4.53. The van der Waals surface area contributed by atoms with Crippen molar-refractivity contribution in [3.8, 4) is 0 Å². The van der Waals surface area contributed by atoms with Gasteiger partial charge in [-0.1, -0.05) is 17.7 Å². The SMILES string of the molecule is CCOC(=O)CC1(C(=O)OCC)CC2=CC=C(C(=O)OC)CC2C1=O. The molecule has 1 fully saturated rings. The summed E-state index contributed by atoms with van der Waals surface area (Å²) in [6, 6.07) is 0. The predicted octanol–water partition coefficient (Wildman–Crippen LogP) is 1.51. The molecule has 0 radical (unpaired) electrons. The van der Waals surface area contributed by atoms with Crippen molar-refractivity contribution < 1.29 is 33.4 Å². The number of esters is 3. The van der Waals surface area contributed by atoms with E-state index in [0.29, 0.717) is 5.57 Å². The number of allylic oxidation sites excluding steroid dienone is 3. The third kappa shape index (κ3) is 3.50. The zero-order valence-corrected chi connectivity index (χ0v) is 14.6. The highest BCUT2D eigenvalue weighted by Crippen LogP contribution is 2.49. The topological polar surface area (TPSA) is 96.0 Å². The first-order chi connectivity index (χ1) is 11.9. The molecular weight excluding hydrogens is 328 g/mol. The normalized spacial score (nSPS) is 24.8. The Balaban J connectivity index is 2.32. The largest absolute Gasteiger partial charge is 0.466 e. The molecule has 0 spiro atoms. The maximum Gasteiger partial charge on any atom is 0.333 e. The molecule has 0 bridgehead atoms. The molecule has 2 unspecified atom stereocenters. The number of rotatable bonds is 6. The van der Waals surface area contributed by atoms with Crippen LogP contribution < -0.4 is 0 Å². The van der Waals surface area contributed by atoms with Crippen molar-refractivity contribution in [1.29, 1.82) is 0 Å². The van der Waals surface area contributed by atoms with E-state index in [-0.39, 0.29) is 32.5 Å². The second-order valence-electron chi connectivity index (χ2n) is 6.01. The van der Waals surface area contributed by atoms with Crippen LogP contribution >= 0.6 is 0 Å². The Labute approximate surface area is 146 Å². The smallest absolute Gasteiger partial charge is 0.333 e. The highest BCUT2D eigenvalue weighted by atomic mass is 16.5. The van der Waals surface area contributed by atoms with Crippen molar-refractivity contribution in [3.05, 3.63) is 23.3 Å². The fourth-order valence-electron chi connectivity index (χ4n) is 3.36. The monoisotopic (exact) mass is 350 g/mol. The van der Waals surface area contributed by atoms with Crippen LogP contribution in [-0.2, 0) is 33.4 Å². The maximum atomic E-state index is 13.0. The summed E-state index contributed by atoms with van der Waals surface area (Å²) < 4.78 is 14.7. The summed E-state index contributed by atoms with van der Waals surface area (Å²) in [4.78, 5) is 49.3. The van der Waals surface area contributed by atoms with Crippen LogP contribution in [0.3, 0.4) is 0 Å². The average molecular weight is 350 g/mol. The summed E-state index contributed by atoms with van der Waals surface area (Å²) in [5, 5.41) is 0. The molecule has 2 aliphatic carbocycles. The van der Waals surface area contributed by atoms with Crippen molar-refractivity contribution in [1.82, 2.24) is 0 Å². The summed E-state index contributed by atoms with van der Waals surface area (Å²) in [5.74, 6) is -2.88. The molecule has 1 saturated carbocycles. The molecule has 25 heavy (non-hydrogen) atoms. The van der Waals surface area contributed by atoms with Crippen molar-refractivity contribution in [2.45, 2.75) is 33.1 Å². The van der Waals surface area contributed by atoms with E-state index in [1.807, 2.05) is 0 Å². The van der Waals surface area contributed by atoms with Crippen LogP contribution in [0.25, 0.3) is 0 Å². The number of ether oxygens (including phenoxy) is 3. The number of hydrogen-bond acceptors (Lipinski definition) is 7. The summed E-state index contributed by atoms with van der Waals surface area (Å²) in [7, 11) is 1.27. The Hall–Kier alpha value is -2.44. The molecule has 0 N–H and O–H groups in total. The number of ketones is 1. The van der Waals surface area contributed by atoms with Crippen molar-refractivity contribution >= 4 is 23.7 Å². The highest BCUT2D eigenvalue weighted by Gasteiger charge is 2.58. The molecule has 0 aromatic rings. The minimum absolute atomic E-state index is 0.0963. The van der Waals surface area contributed by atoms with E-state index in [1.165, 1.54) is 7.11 Å². The van der Waals surface area contributed by atoms with Gasteiger partial charge in [-0.15, -0.1) is 0 Å².